The highest BCUT2D eigenvalue weighted by Gasteiger charge is 2.52. The molecule has 172 valence electrons. The van der Waals surface area contributed by atoms with E-state index in [0.717, 1.165) is 35.2 Å². The third kappa shape index (κ3) is 2.37. The highest BCUT2D eigenvalue weighted by molar-refractivity contribution is 5.95. The van der Waals surface area contributed by atoms with Crippen molar-refractivity contribution in [1.82, 2.24) is 0 Å². The first-order valence-corrected chi connectivity index (χ1v) is 12.5. The van der Waals surface area contributed by atoms with Gasteiger partial charge in [0.2, 0.25) is 0 Å². The van der Waals surface area contributed by atoms with Crippen LogP contribution in [0.3, 0.4) is 0 Å². The minimum Gasteiger partial charge on any atom is -0.449 e. The molecule has 3 heteroatoms. The predicted octanol–water partition coefficient (Wildman–Crippen LogP) is 8.36. The van der Waals surface area contributed by atoms with Crippen LogP contribution in [0, 0.1) is 0 Å². The molecule has 1 aliphatic heterocycles. The molecule has 2 aliphatic carbocycles. The van der Waals surface area contributed by atoms with Gasteiger partial charge in [-0.15, -0.1) is 0 Å². The zero-order valence-electron chi connectivity index (χ0n) is 19.8. The third-order valence-electron chi connectivity index (χ3n) is 7.83. The van der Waals surface area contributed by atoms with Crippen molar-refractivity contribution in [3.8, 4) is 45.3 Å². The predicted molar refractivity (Wildman–Crippen MR) is 143 cm³/mol. The standard InChI is InChI=1S/C33H23NO2/c1-2-34-20-15-16-29-30(17-20)36-32-19-28-24(18-31(32)35-29)23-11-5-8-14-27(23)33(28)25-12-6-3-9-21(25)22-10-4-7-13-26(22)33/h3-19,34H,2H2,1H3. The molecule has 0 bridgehead atoms. The van der Waals surface area contributed by atoms with E-state index < -0.39 is 0 Å². The van der Waals surface area contributed by atoms with Gasteiger partial charge in [-0.1, -0.05) is 72.8 Å². The topological polar surface area (TPSA) is 30.5 Å². The van der Waals surface area contributed by atoms with Crippen LogP contribution < -0.4 is 14.8 Å². The van der Waals surface area contributed by atoms with Crippen molar-refractivity contribution in [3.63, 3.8) is 0 Å². The smallest absolute Gasteiger partial charge is 0.172 e. The molecule has 0 amide bonds. The minimum atomic E-state index is -0.386. The van der Waals surface area contributed by atoms with Crippen molar-refractivity contribution in [3.05, 3.63) is 125 Å². The molecule has 1 spiro atoms. The molecule has 1 N–H and O–H groups in total. The lowest BCUT2D eigenvalue weighted by Gasteiger charge is -2.31. The molecule has 0 saturated carbocycles. The molecule has 0 saturated heterocycles. The maximum Gasteiger partial charge on any atom is 0.172 e. The Morgan fingerprint density at radius 2 is 1.06 bits per heavy atom. The Labute approximate surface area is 210 Å². The Kier molecular flexibility index (Phi) is 3.85. The minimum absolute atomic E-state index is 0.386. The van der Waals surface area contributed by atoms with Gasteiger partial charge in [-0.3, -0.25) is 0 Å². The second-order valence-corrected chi connectivity index (χ2v) is 9.63. The molecule has 8 rings (SSSR count). The quantitative estimate of drug-likeness (QED) is 0.278. The summed E-state index contributed by atoms with van der Waals surface area (Å²) in [4.78, 5) is 0. The lowest BCUT2D eigenvalue weighted by Crippen LogP contribution is -2.25. The molecule has 36 heavy (non-hydrogen) atoms. The van der Waals surface area contributed by atoms with Crippen molar-refractivity contribution in [1.29, 1.82) is 0 Å². The zero-order chi connectivity index (χ0) is 23.9. The molecule has 3 nitrogen and oxygen atoms in total. The van der Waals surface area contributed by atoms with Crippen molar-refractivity contribution >= 4 is 5.69 Å². The van der Waals surface area contributed by atoms with Crippen LogP contribution in [-0.4, -0.2) is 6.54 Å². The van der Waals surface area contributed by atoms with Gasteiger partial charge in [0, 0.05) is 18.3 Å². The second kappa shape index (κ2) is 7.02. The maximum atomic E-state index is 6.50. The van der Waals surface area contributed by atoms with Crippen LogP contribution in [0.2, 0.25) is 0 Å². The highest BCUT2D eigenvalue weighted by atomic mass is 16.6. The fourth-order valence-corrected chi connectivity index (χ4v) is 6.48. The van der Waals surface area contributed by atoms with Crippen molar-refractivity contribution < 1.29 is 9.47 Å². The molecule has 1 heterocycles. The van der Waals surface area contributed by atoms with E-state index in [2.05, 4.69) is 97.2 Å². The number of benzene rings is 5. The molecule has 5 aromatic rings. The summed E-state index contributed by atoms with van der Waals surface area (Å²) >= 11 is 0. The SMILES string of the molecule is CCNc1ccc2c(c1)Oc1cc3c(cc1O2)-c1ccccc1C31c2ccccc2-c2ccccc21. The van der Waals surface area contributed by atoms with Crippen molar-refractivity contribution in [2.45, 2.75) is 12.3 Å². The Balaban J connectivity index is 1.41. The Morgan fingerprint density at radius 1 is 0.528 bits per heavy atom. The van der Waals surface area contributed by atoms with Crippen molar-refractivity contribution in [2.75, 3.05) is 11.9 Å². The van der Waals surface area contributed by atoms with Crippen molar-refractivity contribution in [2.24, 2.45) is 0 Å². The van der Waals surface area contributed by atoms with E-state index in [1.165, 1.54) is 44.5 Å². The van der Waals surface area contributed by atoms with Gasteiger partial charge in [0.05, 0.1) is 5.41 Å². The van der Waals surface area contributed by atoms with E-state index >= 15 is 0 Å². The summed E-state index contributed by atoms with van der Waals surface area (Å²) in [5, 5.41) is 3.36. The monoisotopic (exact) mass is 465 g/mol. The van der Waals surface area contributed by atoms with E-state index in [4.69, 9.17) is 9.47 Å². The number of nitrogens with one attached hydrogen (secondary N) is 1. The largest absolute Gasteiger partial charge is 0.449 e. The highest BCUT2D eigenvalue weighted by Crippen LogP contribution is 2.64. The Morgan fingerprint density at radius 3 is 1.69 bits per heavy atom. The normalized spacial score (nSPS) is 14.5. The summed E-state index contributed by atoms with van der Waals surface area (Å²) in [5.41, 5.74) is 10.9. The molecule has 0 unspecified atom stereocenters. The molecule has 0 radical (unpaired) electrons. The molecule has 0 aromatic heterocycles. The van der Waals surface area contributed by atoms with Crippen LogP contribution in [0.1, 0.15) is 29.2 Å². The first kappa shape index (κ1) is 19.8. The molecule has 3 aliphatic rings. The number of fused-ring (bicyclic) bond motifs is 12. The van der Waals surface area contributed by atoms with Gasteiger partial charge in [-0.2, -0.15) is 0 Å². The van der Waals surface area contributed by atoms with E-state index in [1.54, 1.807) is 0 Å². The van der Waals surface area contributed by atoms with Gasteiger partial charge in [-0.05, 0) is 75.7 Å². The van der Waals surface area contributed by atoms with Gasteiger partial charge in [-0.25, -0.2) is 0 Å². The summed E-state index contributed by atoms with van der Waals surface area (Å²) < 4.78 is 12.9. The van der Waals surface area contributed by atoms with Crippen LogP contribution in [-0.2, 0) is 5.41 Å². The number of rotatable bonds is 2. The number of hydrogen-bond acceptors (Lipinski definition) is 3. The lowest BCUT2D eigenvalue weighted by molar-refractivity contribution is 0.359. The number of ether oxygens (including phenoxy) is 2. The van der Waals surface area contributed by atoms with Crippen LogP contribution in [0.5, 0.6) is 23.0 Å². The second-order valence-electron chi connectivity index (χ2n) is 9.63. The van der Waals surface area contributed by atoms with Gasteiger partial charge >= 0.3 is 0 Å². The third-order valence-corrected chi connectivity index (χ3v) is 7.83. The van der Waals surface area contributed by atoms with Crippen LogP contribution in [0.25, 0.3) is 22.3 Å². The molecular weight excluding hydrogens is 442 g/mol. The number of anilines is 1. The Hall–Kier alpha value is -4.50. The summed E-state index contributed by atoms with van der Waals surface area (Å²) in [6.07, 6.45) is 0. The first-order valence-electron chi connectivity index (χ1n) is 12.5. The summed E-state index contributed by atoms with van der Waals surface area (Å²) in [7, 11) is 0. The van der Waals surface area contributed by atoms with Gasteiger partial charge < -0.3 is 14.8 Å². The summed E-state index contributed by atoms with van der Waals surface area (Å²) in [5.74, 6) is 2.98. The van der Waals surface area contributed by atoms with Gasteiger partial charge in [0.15, 0.2) is 23.0 Å². The summed E-state index contributed by atoms with van der Waals surface area (Å²) in [6.45, 7) is 2.94. The van der Waals surface area contributed by atoms with E-state index in [9.17, 15) is 0 Å². The Bertz CT molecular complexity index is 1670. The van der Waals surface area contributed by atoms with Crippen LogP contribution in [0.4, 0.5) is 5.69 Å². The molecule has 5 aromatic carbocycles. The fourth-order valence-electron chi connectivity index (χ4n) is 6.48. The maximum absolute atomic E-state index is 6.50. The number of hydrogen-bond donors (Lipinski definition) is 1. The van der Waals surface area contributed by atoms with Crippen LogP contribution in [0.15, 0.2) is 103 Å². The van der Waals surface area contributed by atoms with E-state index in [-0.39, 0.29) is 5.41 Å². The average Bonchev–Trinajstić information content (AvgIpc) is 3.38. The lowest BCUT2D eigenvalue weighted by atomic mass is 9.70. The molecule has 0 fully saturated rings. The van der Waals surface area contributed by atoms with E-state index in [1.807, 2.05) is 18.2 Å². The van der Waals surface area contributed by atoms with Crippen LogP contribution >= 0.6 is 0 Å². The fraction of sp³-hybridized carbons (Fsp3) is 0.0909. The molecule has 0 atom stereocenters. The van der Waals surface area contributed by atoms with Gasteiger partial charge in [0.1, 0.15) is 0 Å². The molecular formula is C33H23NO2. The van der Waals surface area contributed by atoms with E-state index in [0.29, 0.717) is 0 Å². The average molecular weight is 466 g/mol. The summed E-state index contributed by atoms with van der Waals surface area (Å²) in [6, 6.07) is 36.9. The first-order chi connectivity index (χ1) is 17.8. The zero-order valence-corrected chi connectivity index (χ0v) is 19.8. The van der Waals surface area contributed by atoms with Gasteiger partial charge in [0.25, 0.3) is 0 Å².